The van der Waals surface area contributed by atoms with Crippen molar-refractivity contribution >= 4 is 20.9 Å². The number of nitrogens with zero attached hydrogens (tertiary/aromatic N) is 1. The maximum absolute atomic E-state index is 2.67. The summed E-state index contributed by atoms with van der Waals surface area (Å²) in [6.45, 7) is 4.83. The van der Waals surface area contributed by atoms with Gasteiger partial charge in [0.25, 0.3) is 0 Å². The van der Waals surface area contributed by atoms with Crippen LogP contribution >= 0.6 is 10.8 Å². The molecule has 1 unspecified atom stereocenters. The Morgan fingerprint density at radius 2 is 1.81 bits per heavy atom. The molecule has 1 aliphatic heterocycles. The summed E-state index contributed by atoms with van der Waals surface area (Å²) in [6.07, 6.45) is 4.17. The predicted octanol–water partition coefficient (Wildman–Crippen LogP) is 3.73. The van der Waals surface area contributed by atoms with Crippen LogP contribution in [0.2, 0.25) is 0 Å². The third kappa shape index (κ3) is 3.19. The van der Waals surface area contributed by atoms with Crippen LogP contribution in [0.4, 0.5) is 0 Å². The van der Waals surface area contributed by atoms with Gasteiger partial charge in [0.1, 0.15) is 10.8 Å². The zero-order valence-corrected chi connectivity index (χ0v) is 11.5. The third-order valence-electron chi connectivity index (χ3n) is 2.72. The second kappa shape index (κ2) is 6.58. The van der Waals surface area contributed by atoms with E-state index in [0.29, 0.717) is 0 Å². The maximum Gasteiger partial charge on any atom is 0.189 e. The van der Waals surface area contributed by atoms with Crippen LogP contribution in [0.15, 0.2) is 35.2 Å². The second-order valence-electron chi connectivity index (χ2n) is 3.96. The Balaban J connectivity index is 2.09. The standard InChI is InChI=1S/C13H20NS2/c1-2-15-16(13-9-5-3-6-10-13)14-11-7-4-8-12-14/h3,5-6,9-10H,2,4,7-8,11-12H2,1H3/q+1. The van der Waals surface area contributed by atoms with Gasteiger partial charge in [-0.2, -0.15) is 0 Å². The lowest BCUT2D eigenvalue weighted by atomic mass is 10.2. The van der Waals surface area contributed by atoms with Gasteiger partial charge >= 0.3 is 0 Å². The quantitative estimate of drug-likeness (QED) is 0.595. The summed E-state index contributed by atoms with van der Waals surface area (Å²) in [5, 5.41) is 0. The molecule has 1 aromatic rings. The summed E-state index contributed by atoms with van der Waals surface area (Å²) in [6, 6.07) is 11.0. The lowest BCUT2D eigenvalue weighted by molar-refractivity contribution is 0.377. The number of benzene rings is 1. The van der Waals surface area contributed by atoms with Crippen LogP contribution in [0.3, 0.4) is 0 Å². The number of piperidine rings is 1. The van der Waals surface area contributed by atoms with Crippen molar-refractivity contribution in [1.29, 1.82) is 0 Å². The first-order chi connectivity index (χ1) is 7.92. The largest absolute Gasteiger partial charge is 0.189 e. The van der Waals surface area contributed by atoms with Gasteiger partial charge < -0.3 is 0 Å². The Morgan fingerprint density at radius 1 is 1.12 bits per heavy atom. The molecule has 0 bridgehead atoms. The highest BCUT2D eigenvalue weighted by Crippen LogP contribution is 2.31. The van der Waals surface area contributed by atoms with Crippen LogP contribution in [-0.2, 0) is 10.1 Å². The van der Waals surface area contributed by atoms with Crippen molar-refractivity contribution in [2.45, 2.75) is 31.1 Å². The zero-order valence-electron chi connectivity index (χ0n) is 9.89. The van der Waals surface area contributed by atoms with Crippen molar-refractivity contribution in [1.82, 2.24) is 4.31 Å². The Morgan fingerprint density at radius 3 is 2.44 bits per heavy atom. The van der Waals surface area contributed by atoms with Crippen molar-refractivity contribution in [3.63, 3.8) is 0 Å². The molecule has 1 aliphatic rings. The monoisotopic (exact) mass is 254 g/mol. The Bertz CT molecular complexity index is 296. The van der Waals surface area contributed by atoms with Gasteiger partial charge in [0, 0.05) is 18.8 Å². The number of rotatable bonds is 4. The van der Waals surface area contributed by atoms with Crippen LogP contribution in [0.1, 0.15) is 26.2 Å². The van der Waals surface area contributed by atoms with Gasteiger partial charge in [-0.05, 0) is 25.0 Å². The van der Waals surface area contributed by atoms with E-state index in [-0.39, 0.29) is 10.1 Å². The van der Waals surface area contributed by atoms with Crippen LogP contribution in [0.25, 0.3) is 0 Å². The summed E-state index contributed by atoms with van der Waals surface area (Å²) in [4.78, 5) is 1.50. The fraction of sp³-hybridized carbons (Fsp3) is 0.538. The van der Waals surface area contributed by atoms with Crippen molar-refractivity contribution < 1.29 is 0 Å². The molecule has 2 rings (SSSR count). The molecule has 0 saturated carbocycles. The molecular formula is C13H20NS2+. The molecule has 0 N–H and O–H groups in total. The van der Waals surface area contributed by atoms with E-state index in [4.69, 9.17) is 0 Å². The van der Waals surface area contributed by atoms with E-state index < -0.39 is 0 Å². The van der Waals surface area contributed by atoms with E-state index in [1.165, 1.54) is 43.0 Å². The highest BCUT2D eigenvalue weighted by atomic mass is 33.1. The molecule has 1 nitrogen and oxygen atoms in total. The fourth-order valence-electron chi connectivity index (χ4n) is 1.97. The lowest BCUT2D eigenvalue weighted by Gasteiger charge is -2.23. The highest BCUT2D eigenvalue weighted by Gasteiger charge is 2.33. The van der Waals surface area contributed by atoms with Crippen molar-refractivity contribution in [3.05, 3.63) is 30.3 Å². The van der Waals surface area contributed by atoms with Gasteiger partial charge in [-0.25, -0.2) is 0 Å². The van der Waals surface area contributed by atoms with Gasteiger partial charge in [0.2, 0.25) is 0 Å². The molecule has 0 amide bonds. The predicted molar refractivity (Wildman–Crippen MR) is 75.6 cm³/mol. The molecular weight excluding hydrogens is 234 g/mol. The molecule has 0 aromatic heterocycles. The van der Waals surface area contributed by atoms with Crippen LogP contribution in [-0.4, -0.2) is 23.1 Å². The van der Waals surface area contributed by atoms with E-state index in [9.17, 15) is 0 Å². The summed E-state index contributed by atoms with van der Waals surface area (Å²) in [5.41, 5.74) is 0. The Labute approximate surface area is 105 Å². The second-order valence-corrected chi connectivity index (χ2v) is 7.91. The lowest BCUT2D eigenvalue weighted by Crippen LogP contribution is -2.34. The van der Waals surface area contributed by atoms with Crippen LogP contribution in [0.5, 0.6) is 0 Å². The van der Waals surface area contributed by atoms with E-state index in [2.05, 4.69) is 52.4 Å². The zero-order chi connectivity index (χ0) is 11.2. The minimum absolute atomic E-state index is 0.276. The summed E-state index contributed by atoms with van der Waals surface area (Å²) < 4.78 is 2.67. The maximum atomic E-state index is 2.67. The molecule has 16 heavy (non-hydrogen) atoms. The number of hydrogen-bond donors (Lipinski definition) is 0. The third-order valence-corrected chi connectivity index (χ3v) is 7.28. The summed E-state index contributed by atoms with van der Waals surface area (Å²) in [5.74, 6) is 1.20. The Kier molecular flexibility index (Phi) is 5.07. The van der Waals surface area contributed by atoms with Gasteiger partial charge in [0.15, 0.2) is 15.0 Å². The minimum Gasteiger partial charge on any atom is -0.110 e. The van der Waals surface area contributed by atoms with E-state index in [1.807, 2.05) is 0 Å². The first-order valence-electron chi connectivity index (χ1n) is 6.09. The first kappa shape index (κ1) is 12.3. The number of hydrogen-bond acceptors (Lipinski definition) is 2. The molecule has 0 aliphatic carbocycles. The van der Waals surface area contributed by atoms with E-state index in [1.54, 1.807) is 0 Å². The van der Waals surface area contributed by atoms with Crippen molar-refractivity contribution in [2.75, 3.05) is 18.8 Å². The topological polar surface area (TPSA) is 3.24 Å². The fourth-order valence-corrected chi connectivity index (χ4v) is 6.06. The van der Waals surface area contributed by atoms with Gasteiger partial charge in [-0.15, -0.1) is 4.31 Å². The average molecular weight is 254 g/mol. The highest BCUT2D eigenvalue weighted by molar-refractivity contribution is 8.73. The molecule has 1 fully saturated rings. The van der Waals surface area contributed by atoms with Crippen LogP contribution in [0, 0.1) is 0 Å². The van der Waals surface area contributed by atoms with Crippen LogP contribution < -0.4 is 0 Å². The summed E-state index contributed by atoms with van der Waals surface area (Å²) >= 11 is 0. The van der Waals surface area contributed by atoms with Gasteiger partial charge in [-0.1, -0.05) is 31.5 Å². The molecule has 3 heteroatoms. The van der Waals surface area contributed by atoms with E-state index in [0.717, 1.165) is 0 Å². The average Bonchev–Trinajstić information content (AvgIpc) is 2.38. The minimum atomic E-state index is 0.276. The first-order valence-corrected chi connectivity index (χ1v) is 8.78. The smallest absolute Gasteiger partial charge is 0.110 e. The molecule has 0 spiro atoms. The molecule has 1 atom stereocenters. The SMILES string of the molecule is CCS[S+](c1ccccc1)N1CCCCC1. The normalized spacial score (nSPS) is 19.6. The van der Waals surface area contributed by atoms with Gasteiger partial charge in [0.05, 0.1) is 0 Å². The molecule has 1 saturated heterocycles. The van der Waals surface area contributed by atoms with E-state index >= 15 is 0 Å². The molecule has 88 valence electrons. The molecule has 0 radical (unpaired) electrons. The molecule has 1 aromatic carbocycles. The Hall–Kier alpha value is -0.120. The van der Waals surface area contributed by atoms with Crippen molar-refractivity contribution in [2.24, 2.45) is 0 Å². The van der Waals surface area contributed by atoms with Gasteiger partial charge in [-0.3, -0.25) is 0 Å². The molecule has 1 heterocycles. The summed E-state index contributed by atoms with van der Waals surface area (Å²) in [7, 11) is 2.37. The van der Waals surface area contributed by atoms with Crippen molar-refractivity contribution in [3.8, 4) is 0 Å².